The van der Waals surface area contributed by atoms with Crippen LogP contribution in [0.1, 0.15) is 27.7 Å². The van der Waals surface area contributed by atoms with Gasteiger partial charge in [0, 0.05) is 7.11 Å². The normalized spacial score (nSPS) is 13.4. The second-order valence-corrected chi connectivity index (χ2v) is 3.15. The Bertz CT molecular complexity index is 178. The monoisotopic (exact) mass is 156 g/mol. The third-order valence-corrected chi connectivity index (χ3v) is 1.88. The first-order valence-electron chi connectivity index (χ1n) is 3.64. The maximum Gasteiger partial charge on any atom is 0.152 e. The van der Waals surface area contributed by atoms with Crippen molar-refractivity contribution < 1.29 is 9.53 Å². The number of hydrogen-bond donors (Lipinski definition) is 0. The van der Waals surface area contributed by atoms with Gasteiger partial charge in [-0.15, -0.1) is 0 Å². The first-order valence-corrected chi connectivity index (χ1v) is 3.64. The van der Waals surface area contributed by atoms with Gasteiger partial charge in [0.05, 0.1) is 5.60 Å². The SMILES string of the molecule is COC(C)(C)C(C)=CC(C)=O. The fourth-order valence-electron chi connectivity index (χ4n) is 0.640. The first-order chi connectivity index (χ1) is 4.90. The molecule has 0 saturated heterocycles. The quantitative estimate of drug-likeness (QED) is 0.584. The van der Waals surface area contributed by atoms with Gasteiger partial charge in [0.1, 0.15) is 0 Å². The summed E-state index contributed by atoms with van der Waals surface area (Å²) in [5, 5.41) is 0. The molecule has 0 aromatic heterocycles. The van der Waals surface area contributed by atoms with Gasteiger partial charge in [-0.2, -0.15) is 0 Å². The van der Waals surface area contributed by atoms with Gasteiger partial charge < -0.3 is 4.74 Å². The second kappa shape index (κ2) is 3.67. The van der Waals surface area contributed by atoms with Crippen molar-refractivity contribution in [2.24, 2.45) is 0 Å². The van der Waals surface area contributed by atoms with Gasteiger partial charge in [-0.05, 0) is 39.3 Å². The minimum atomic E-state index is -0.328. The molecule has 0 aromatic carbocycles. The first kappa shape index (κ1) is 10.4. The van der Waals surface area contributed by atoms with E-state index >= 15 is 0 Å². The molecule has 0 aliphatic rings. The van der Waals surface area contributed by atoms with E-state index in [1.54, 1.807) is 13.2 Å². The molecule has 0 unspecified atom stereocenters. The second-order valence-electron chi connectivity index (χ2n) is 3.15. The molecule has 0 heterocycles. The standard InChI is InChI=1S/C9H16O2/c1-7(6-8(2)10)9(3,4)11-5/h6H,1-5H3. The van der Waals surface area contributed by atoms with E-state index in [9.17, 15) is 4.79 Å². The summed E-state index contributed by atoms with van der Waals surface area (Å²) < 4.78 is 5.18. The summed E-state index contributed by atoms with van der Waals surface area (Å²) in [5.74, 6) is 0.0626. The molecule has 0 atom stereocenters. The van der Waals surface area contributed by atoms with Crippen molar-refractivity contribution in [1.29, 1.82) is 0 Å². The molecule has 0 bridgehead atoms. The summed E-state index contributed by atoms with van der Waals surface area (Å²) in [6, 6.07) is 0. The maximum atomic E-state index is 10.7. The van der Waals surface area contributed by atoms with Gasteiger partial charge in [0.25, 0.3) is 0 Å². The van der Waals surface area contributed by atoms with Crippen LogP contribution in [0.25, 0.3) is 0 Å². The molecule has 11 heavy (non-hydrogen) atoms. The number of ether oxygens (including phenoxy) is 1. The summed E-state index contributed by atoms with van der Waals surface area (Å²) >= 11 is 0. The fraction of sp³-hybridized carbons (Fsp3) is 0.667. The molecule has 0 radical (unpaired) electrons. The number of carbonyl (C=O) groups excluding carboxylic acids is 1. The van der Waals surface area contributed by atoms with Gasteiger partial charge in [0.2, 0.25) is 0 Å². The number of hydrogen-bond acceptors (Lipinski definition) is 2. The molecule has 0 spiro atoms. The van der Waals surface area contributed by atoms with Crippen LogP contribution >= 0.6 is 0 Å². The largest absolute Gasteiger partial charge is 0.374 e. The zero-order chi connectivity index (χ0) is 9.07. The third-order valence-electron chi connectivity index (χ3n) is 1.88. The highest BCUT2D eigenvalue weighted by atomic mass is 16.5. The molecule has 0 amide bonds. The highest BCUT2D eigenvalue weighted by Crippen LogP contribution is 2.18. The van der Waals surface area contributed by atoms with Crippen LogP contribution in [0.5, 0.6) is 0 Å². The Morgan fingerprint density at radius 1 is 1.36 bits per heavy atom. The van der Waals surface area contributed by atoms with Crippen LogP contribution in [0.15, 0.2) is 11.6 Å². The Kier molecular flexibility index (Phi) is 3.46. The molecule has 2 heteroatoms. The van der Waals surface area contributed by atoms with Crippen LogP contribution in [-0.4, -0.2) is 18.5 Å². The number of ketones is 1. The third kappa shape index (κ3) is 3.33. The van der Waals surface area contributed by atoms with E-state index < -0.39 is 0 Å². The van der Waals surface area contributed by atoms with E-state index in [1.165, 1.54) is 6.92 Å². The van der Waals surface area contributed by atoms with Gasteiger partial charge >= 0.3 is 0 Å². The van der Waals surface area contributed by atoms with Crippen molar-refractivity contribution in [3.05, 3.63) is 11.6 Å². The predicted molar refractivity (Wildman–Crippen MR) is 45.5 cm³/mol. The highest BCUT2D eigenvalue weighted by molar-refractivity contribution is 5.88. The van der Waals surface area contributed by atoms with Gasteiger partial charge in [-0.3, -0.25) is 4.79 Å². The number of carbonyl (C=O) groups is 1. The topological polar surface area (TPSA) is 26.3 Å². The Morgan fingerprint density at radius 2 is 1.82 bits per heavy atom. The number of rotatable bonds is 3. The van der Waals surface area contributed by atoms with Gasteiger partial charge in [0.15, 0.2) is 5.78 Å². The van der Waals surface area contributed by atoms with Gasteiger partial charge in [-0.1, -0.05) is 0 Å². The van der Waals surface area contributed by atoms with E-state index in [2.05, 4.69) is 0 Å². The lowest BCUT2D eigenvalue weighted by atomic mass is 9.98. The number of allylic oxidation sites excluding steroid dienone is 1. The molecule has 0 rings (SSSR count). The molecule has 0 aliphatic heterocycles. The molecular formula is C9H16O2. The average Bonchev–Trinajstić information content (AvgIpc) is 1.86. The van der Waals surface area contributed by atoms with Crippen molar-refractivity contribution in [2.75, 3.05) is 7.11 Å². The number of methoxy groups -OCH3 is 1. The molecule has 0 saturated carbocycles. The summed E-state index contributed by atoms with van der Waals surface area (Å²) in [6.07, 6.45) is 1.60. The van der Waals surface area contributed by atoms with Crippen molar-refractivity contribution in [3.63, 3.8) is 0 Å². The smallest absolute Gasteiger partial charge is 0.152 e. The minimum Gasteiger partial charge on any atom is -0.374 e. The summed E-state index contributed by atoms with van der Waals surface area (Å²) in [5.41, 5.74) is 0.624. The van der Waals surface area contributed by atoms with E-state index in [-0.39, 0.29) is 11.4 Å². The predicted octanol–water partition coefficient (Wildman–Crippen LogP) is 1.95. The highest BCUT2D eigenvalue weighted by Gasteiger charge is 2.18. The Balaban J connectivity index is 4.46. The molecule has 0 aliphatic carbocycles. The van der Waals surface area contributed by atoms with Crippen LogP contribution in [0.3, 0.4) is 0 Å². The zero-order valence-corrected chi connectivity index (χ0v) is 7.89. The average molecular weight is 156 g/mol. The summed E-state index contributed by atoms with van der Waals surface area (Å²) in [6.45, 7) is 7.30. The van der Waals surface area contributed by atoms with Crippen LogP contribution in [0.2, 0.25) is 0 Å². The Labute approximate surface area is 68.2 Å². The summed E-state index contributed by atoms with van der Waals surface area (Å²) in [7, 11) is 1.64. The molecule has 64 valence electrons. The van der Waals surface area contributed by atoms with Crippen LogP contribution in [0, 0.1) is 0 Å². The van der Waals surface area contributed by atoms with Crippen LogP contribution in [-0.2, 0) is 9.53 Å². The van der Waals surface area contributed by atoms with E-state index in [4.69, 9.17) is 4.74 Å². The van der Waals surface area contributed by atoms with E-state index in [0.717, 1.165) is 5.57 Å². The fourth-order valence-corrected chi connectivity index (χ4v) is 0.640. The van der Waals surface area contributed by atoms with E-state index in [0.29, 0.717) is 0 Å². The molecule has 0 aromatic rings. The molecule has 0 fully saturated rings. The molecule has 2 nitrogen and oxygen atoms in total. The van der Waals surface area contributed by atoms with Crippen LogP contribution in [0.4, 0.5) is 0 Å². The maximum absolute atomic E-state index is 10.7. The van der Waals surface area contributed by atoms with Crippen molar-refractivity contribution in [3.8, 4) is 0 Å². The zero-order valence-electron chi connectivity index (χ0n) is 7.89. The minimum absolute atomic E-state index is 0.0626. The summed E-state index contributed by atoms with van der Waals surface area (Å²) in [4.78, 5) is 10.7. The Morgan fingerprint density at radius 3 is 2.09 bits per heavy atom. The lowest BCUT2D eigenvalue weighted by molar-refractivity contribution is -0.112. The molecule has 0 N–H and O–H groups in total. The molecular weight excluding hydrogens is 140 g/mol. The Hall–Kier alpha value is -0.630. The van der Waals surface area contributed by atoms with Crippen LogP contribution < -0.4 is 0 Å². The van der Waals surface area contributed by atoms with Crippen molar-refractivity contribution >= 4 is 5.78 Å². The van der Waals surface area contributed by atoms with Crippen molar-refractivity contribution in [2.45, 2.75) is 33.3 Å². The lowest BCUT2D eigenvalue weighted by Gasteiger charge is -2.23. The van der Waals surface area contributed by atoms with Gasteiger partial charge in [-0.25, -0.2) is 0 Å². The van der Waals surface area contributed by atoms with Crippen molar-refractivity contribution in [1.82, 2.24) is 0 Å². The lowest BCUT2D eigenvalue weighted by Crippen LogP contribution is -2.24. The van der Waals surface area contributed by atoms with E-state index in [1.807, 2.05) is 20.8 Å².